The summed E-state index contributed by atoms with van der Waals surface area (Å²) in [6.45, 7) is 7.81. The van der Waals surface area contributed by atoms with E-state index in [2.05, 4.69) is 43.0 Å². The van der Waals surface area contributed by atoms with Crippen molar-refractivity contribution < 1.29 is 4.74 Å². The molecule has 0 saturated carbocycles. The van der Waals surface area contributed by atoms with Gasteiger partial charge in [0.2, 0.25) is 0 Å². The minimum atomic E-state index is 0.317. The van der Waals surface area contributed by atoms with Crippen LogP contribution in [0.15, 0.2) is 24.3 Å². The largest absolute Gasteiger partial charge is 0.376 e. The maximum absolute atomic E-state index is 5.95. The summed E-state index contributed by atoms with van der Waals surface area (Å²) in [7, 11) is 0. The van der Waals surface area contributed by atoms with E-state index in [1.807, 2.05) is 11.3 Å². The van der Waals surface area contributed by atoms with Gasteiger partial charge in [0.15, 0.2) is 0 Å². The number of fused-ring (bicyclic) bond motifs is 1. The number of benzene rings is 1. The summed E-state index contributed by atoms with van der Waals surface area (Å²) in [6, 6.07) is 9.09. The summed E-state index contributed by atoms with van der Waals surface area (Å²) in [4.78, 5) is 3.83. The second-order valence-corrected chi connectivity index (χ2v) is 6.76. The maximum Gasteiger partial charge on any atom is 0.0674 e. The van der Waals surface area contributed by atoms with E-state index in [1.54, 1.807) is 0 Å². The number of morpholine rings is 1. The quantitative estimate of drug-likeness (QED) is 0.944. The van der Waals surface area contributed by atoms with Crippen molar-refractivity contribution in [1.82, 2.24) is 4.90 Å². The van der Waals surface area contributed by atoms with Crippen LogP contribution in [0.1, 0.15) is 24.3 Å². The predicted octanol–water partition coefficient (Wildman–Crippen LogP) is 2.97. The van der Waals surface area contributed by atoms with E-state index in [1.165, 1.54) is 20.5 Å². The molecule has 20 heavy (non-hydrogen) atoms. The van der Waals surface area contributed by atoms with E-state index in [9.17, 15) is 0 Å². The number of rotatable bonds is 3. The molecule has 0 bridgehead atoms. The van der Waals surface area contributed by atoms with Crippen LogP contribution in [0.2, 0.25) is 0 Å². The molecular weight excluding hydrogens is 268 g/mol. The third-order valence-corrected chi connectivity index (χ3v) is 5.30. The Bertz CT molecular complexity index is 595. The fraction of sp³-hybridized carbons (Fsp3) is 0.500. The van der Waals surface area contributed by atoms with Crippen LogP contribution in [0.4, 0.5) is 0 Å². The lowest BCUT2D eigenvalue weighted by Gasteiger charge is -2.36. The average molecular weight is 290 g/mol. The third-order valence-electron chi connectivity index (χ3n) is 4.07. The molecule has 2 N–H and O–H groups in total. The standard InChI is InChI=1S/C16H22N2OS/c1-11-10-19-12(2)8-18(11)9-14-13-5-3-4-6-15(13)20-16(14)7-17/h3-6,11-12H,7-10,17H2,1-2H3. The summed E-state index contributed by atoms with van der Waals surface area (Å²) in [6.07, 6.45) is 0.317. The Labute approximate surface area is 124 Å². The Kier molecular flexibility index (Phi) is 4.08. The highest BCUT2D eigenvalue weighted by atomic mass is 32.1. The van der Waals surface area contributed by atoms with E-state index < -0.39 is 0 Å². The van der Waals surface area contributed by atoms with Crippen molar-refractivity contribution in [1.29, 1.82) is 0 Å². The van der Waals surface area contributed by atoms with Gasteiger partial charge < -0.3 is 10.5 Å². The first-order valence-electron chi connectivity index (χ1n) is 7.24. The van der Waals surface area contributed by atoms with Gasteiger partial charge >= 0.3 is 0 Å². The lowest BCUT2D eigenvalue weighted by atomic mass is 10.1. The monoisotopic (exact) mass is 290 g/mol. The number of nitrogens with two attached hydrogens (primary N) is 1. The molecule has 2 atom stereocenters. The summed E-state index contributed by atoms with van der Waals surface area (Å²) in [5.41, 5.74) is 7.36. The van der Waals surface area contributed by atoms with Crippen molar-refractivity contribution in [2.45, 2.75) is 39.1 Å². The summed E-state index contributed by atoms with van der Waals surface area (Å²) in [5.74, 6) is 0. The van der Waals surface area contributed by atoms with E-state index >= 15 is 0 Å². The Morgan fingerprint density at radius 3 is 2.95 bits per heavy atom. The number of nitrogens with zero attached hydrogens (tertiary/aromatic N) is 1. The highest BCUT2D eigenvalue weighted by Crippen LogP contribution is 2.32. The van der Waals surface area contributed by atoms with Crippen molar-refractivity contribution in [3.05, 3.63) is 34.7 Å². The molecule has 1 aliphatic heterocycles. The molecular formula is C16H22N2OS. The Balaban J connectivity index is 1.93. The Morgan fingerprint density at radius 2 is 2.15 bits per heavy atom. The van der Waals surface area contributed by atoms with Crippen LogP contribution >= 0.6 is 11.3 Å². The van der Waals surface area contributed by atoms with Gasteiger partial charge in [0.05, 0.1) is 12.7 Å². The summed E-state index contributed by atoms with van der Waals surface area (Å²) < 4.78 is 7.06. The van der Waals surface area contributed by atoms with Gasteiger partial charge in [-0.2, -0.15) is 0 Å². The molecule has 0 spiro atoms. The molecule has 3 rings (SSSR count). The smallest absolute Gasteiger partial charge is 0.0674 e. The molecule has 3 nitrogen and oxygen atoms in total. The molecule has 1 aromatic heterocycles. The zero-order valence-electron chi connectivity index (χ0n) is 12.1. The average Bonchev–Trinajstić information content (AvgIpc) is 2.81. The van der Waals surface area contributed by atoms with Crippen molar-refractivity contribution in [3.63, 3.8) is 0 Å². The van der Waals surface area contributed by atoms with E-state index in [-0.39, 0.29) is 0 Å². The van der Waals surface area contributed by atoms with E-state index in [0.717, 1.165) is 19.7 Å². The van der Waals surface area contributed by atoms with Gasteiger partial charge in [-0.15, -0.1) is 11.3 Å². The summed E-state index contributed by atoms with van der Waals surface area (Å²) in [5, 5.41) is 1.37. The topological polar surface area (TPSA) is 38.5 Å². The van der Waals surface area contributed by atoms with Crippen LogP contribution in [-0.2, 0) is 17.8 Å². The van der Waals surface area contributed by atoms with Crippen LogP contribution in [0.3, 0.4) is 0 Å². The SMILES string of the molecule is CC1CN(Cc2c(CN)sc3ccccc23)C(C)CO1. The van der Waals surface area contributed by atoms with E-state index in [4.69, 9.17) is 10.5 Å². The zero-order valence-corrected chi connectivity index (χ0v) is 13.0. The van der Waals surface area contributed by atoms with Gasteiger partial charge in [0, 0.05) is 35.3 Å². The molecule has 2 unspecified atom stereocenters. The highest BCUT2D eigenvalue weighted by molar-refractivity contribution is 7.19. The molecule has 1 fully saturated rings. The molecule has 108 valence electrons. The van der Waals surface area contributed by atoms with Crippen LogP contribution in [0.5, 0.6) is 0 Å². The second kappa shape index (κ2) is 5.82. The number of hydrogen-bond acceptors (Lipinski definition) is 4. The molecule has 2 aromatic rings. The van der Waals surface area contributed by atoms with Crippen LogP contribution < -0.4 is 5.73 Å². The second-order valence-electron chi connectivity index (χ2n) is 5.63. The fourth-order valence-corrected chi connectivity index (χ4v) is 3.98. The van der Waals surface area contributed by atoms with Gasteiger partial charge in [-0.05, 0) is 30.9 Å². The third kappa shape index (κ3) is 2.61. The number of thiophene rings is 1. The van der Waals surface area contributed by atoms with Crippen LogP contribution in [-0.4, -0.2) is 30.2 Å². The van der Waals surface area contributed by atoms with Crippen molar-refractivity contribution in [3.8, 4) is 0 Å². The normalized spacial score (nSPS) is 24.4. The molecule has 1 aliphatic rings. The zero-order chi connectivity index (χ0) is 14.1. The highest BCUT2D eigenvalue weighted by Gasteiger charge is 2.25. The molecule has 0 radical (unpaired) electrons. The number of ether oxygens (including phenoxy) is 1. The number of hydrogen-bond donors (Lipinski definition) is 1. The predicted molar refractivity (Wildman–Crippen MR) is 85.0 cm³/mol. The lowest BCUT2D eigenvalue weighted by molar-refractivity contribution is -0.0525. The molecule has 4 heteroatoms. The fourth-order valence-electron chi connectivity index (χ4n) is 2.88. The molecule has 0 aliphatic carbocycles. The van der Waals surface area contributed by atoms with Gasteiger partial charge in [0.25, 0.3) is 0 Å². The summed E-state index contributed by atoms with van der Waals surface area (Å²) >= 11 is 1.83. The van der Waals surface area contributed by atoms with Crippen LogP contribution in [0, 0.1) is 0 Å². The first-order valence-corrected chi connectivity index (χ1v) is 8.05. The molecule has 1 saturated heterocycles. The minimum absolute atomic E-state index is 0.317. The Morgan fingerprint density at radius 1 is 1.35 bits per heavy atom. The van der Waals surface area contributed by atoms with Gasteiger partial charge in [-0.25, -0.2) is 0 Å². The van der Waals surface area contributed by atoms with Gasteiger partial charge in [0.1, 0.15) is 0 Å². The van der Waals surface area contributed by atoms with Crippen molar-refractivity contribution >= 4 is 21.4 Å². The van der Waals surface area contributed by atoms with Gasteiger partial charge in [-0.1, -0.05) is 18.2 Å². The van der Waals surface area contributed by atoms with E-state index in [0.29, 0.717) is 18.7 Å². The van der Waals surface area contributed by atoms with Crippen LogP contribution in [0.25, 0.3) is 10.1 Å². The van der Waals surface area contributed by atoms with Crippen molar-refractivity contribution in [2.75, 3.05) is 13.2 Å². The first kappa shape index (κ1) is 14.0. The van der Waals surface area contributed by atoms with Crippen molar-refractivity contribution in [2.24, 2.45) is 5.73 Å². The molecule has 0 amide bonds. The lowest BCUT2D eigenvalue weighted by Crippen LogP contribution is -2.46. The first-order chi connectivity index (χ1) is 9.69. The molecule has 2 heterocycles. The van der Waals surface area contributed by atoms with Gasteiger partial charge in [-0.3, -0.25) is 4.90 Å². The molecule has 1 aromatic carbocycles. The maximum atomic E-state index is 5.95. The Hall–Kier alpha value is -0.940. The minimum Gasteiger partial charge on any atom is -0.376 e.